The fourth-order valence-corrected chi connectivity index (χ4v) is 7.29. The molecule has 1 heterocycles. The van der Waals surface area contributed by atoms with E-state index in [0.29, 0.717) is 36.2 Å². The highest BCUT2D eigenvalue weighted by Crippen LogP contribution is 2.55. The summed E-state index contributed by atoms with van der Waals surface area (Å²) in [6.45, 7) is 0. The Balaban J connectivity index is 1.62. The van der Waals surface area contributed by atoms with Crippen LogP contribution in [0.3, 0.4) is 0 Å². The van der Waals surface area contributed by atoms with Gasteiger partial charge in [0.1, 0.15) is 0 Å². The van der Waals surface area contributed by atoms with Crippen LogP contribution in [0.25, 0.3) is 0 Å². The molecule has 0 aliphatic heterocycles. The van der Waals surface area contributed by atoms with E-state index < -0.39 is 22.1 Å². The lowest BCUT2D eigenvalue weighted by atomic mass is 9.71. The van der Waals surface area contributed by atoms with E-state index in [4.69, 9.17) is 11.5 Å². The summed E-state index contributed by atoms with van der Waals surface area (Å²) in [6, 6.07) is 12.0. The van der Waals surface area contributed by atoms with Crippen LogP contribution in [-0.4, -0.2) is 14.9 Å². The van der Waals surface area contributed by atoms with Gasteiger partial charge in [-0.1, -0.05) is 18.2 Å². The van der Waals surface area contributed by atoms with E-state index >= 15 is 0 Å². The second kappa shape index (κ2) is 6.47. The lowest BCUT2D eigenvalue weighted by molar-refractivity contribution is 0.1000. The average Bonchev–Trinajstić information content (AvgIpc) is 3.36. The van der Waals surface area contributed by atoms with Crippen LogP contribution in [0.1, 0.15) is 46.5 Å². The quantitative estimate of drug-likeness (QED) is 0.804. The van der Waals surface area contributed by atoms with E-state index in [1.54, 1.807) is 0 Å². The third-order valence-electron chi connectivity index (χ3n) is 5.77. The first-order valence-electron chi connectivity index (χ1n) is 8.98. The van der Waals surface area contributed by atoms with E-state index in [2.05, 4.69) is 6.07 Å². The molecule has 1 fully saturated rings. The van der Waals surface area contributed by atoms with E-state index in [-0.39, 0.29) is 4.75 Å². The number of nitriles is 1. The zero-order chi connectivity index (χ0) is 19.2. The Hall–Kier alpha value is -2.17. The molecular formula is C20H21N3O2S2. The topological polar surface area (TPSA) is 110 Å². The molecule has 1 aromatic carbocycles. The molecule has 2 aliphatic rings. The molecule has 2 unspecified atom stereocenters. The summed E-state index contributed by atoms with van der Waals surface area (Å²) in [5.74, 6) is -0.502. The maximum atomic E-state index is 13.2. The van der Waals surface area contributed by atoms with Crippen molar-refractivity contribution in [2.75, 3.05) is 5.73 Å². The second-order valence-corrected chi connectivity index (χ2v) is 10.6. The van der Waals surface area contributed by atoms with Gasteiger partial charge in [0.2, 0.25) is 0 Å². The minimum absolute atomic E-state index is 0.316. The minimum Gasteiger partial charge on any atom is -0.390 e. The predicted molar refractivity (Wildman–Crippen MR) is 107 cm³/mol. The summed E-state index contributed by atoms with van der Waals surface area (Å²) >= 11 is 1.36. The first-order chi connectivity index (χ1) is 12.9. The number of thiophene rings is 1. The summed E-state index contributed by atoms with van der Waals surface area (Å²) in [4.78, 5) is 13.5. The Morgan fingerprint density at radius 1 is 1.26 bits per heavy atom. The molecule has 0 saturated heterocycles. The molecular weight excluding hydrogens is 378 g/mol. The maximum Gasteiger partial charge on any atom is 0.251 e. The van der Waals surface area contributed by atoms with Gasteiger partial charge in [-0.25, -0.2) is 0 Å². The number of anilines is 1. The van der Waals surface area contributed by atoms with Crippen molar-refractivity contribution in [2.24, 2.45) is 11.1 Å². The van der Waals surface area contributed by atoms with Crippen molar-refractivity contribution < 1.29 is 9.00 Å². The van der Waals surface area contributed by atoms with Crippen molar-refractivity contribution in [3.63, 3.8) is 0 Å². The molecule has 27 heavy (non-hydrogen) atoms. The molecule has 5 nitrogen and oxygen atoms in total. The van der Waals surface area contributed by atoms with Crippen molar-refractivity contribution in [2.45, 2.75) is 48.2 Å². The highest BCUT2D eigenvalue weighted by atomic mass is 32.2. The Morgan fingerprint density at radius 2 is 1.96 bits per heavy atom. The van der Waals surface area contributed by atoms with Crippen LogP contribution in [0.15, 0.2) is 35.2 Å². The molecule has 0 bridgehead atoms. The summed E-state index contributed by atoms with van der Waals surface area (Å²) < 4.78 is 12.9. The number of carbonyl (C=O) groups excluding carboxylic acids is 1. The largest absolute Gasteiger partial charge is 0.390 e. The van der Waals surface area contributed by atoms with Crippen molar-refractivity contribution in [1.82, 2.24) is 0 Å². The lowest BCUT2D eigenvalue weighted by Gasteiger charge is -2.34. The second-order valence-electron chi connectivity index (χ2n) is 7.62. The SMILES string of the molecule is N#CC1(CC2(S(=O)c3ccccc3)CC2)CCc2c(sc(N)c2C(N)=O)C1. The van der Waals surface area contributed by atoms with Gasteiger partial charge in [-0.05, 0) is 49.8 Å². The Bertz CT molecular complexity index is 973. The number of benzene rings is 1. The van der Waals surface area contributed by atoms with Crippen molar-refractivity contribution in [1.29, 1.82) is 5.26 Å². The number of nitrogens with two attached hydrogens (primary N) is 2. The number of nitrogens with zero attached hydrogens (tertiary/aromatic N) is 1. The smallest absolute Gasteiger partial charge is 0.251 e. The van der Waals surface area contributed by atoms with Gasteiger partial charge in [0.05, 0.1) is 37.6 Å². The van der Waals surface area contributed by atoms with Crippen LogP contribution in [0.5, 0.6) is 0 Å². The summed E-state index contributed by atoms with van der Waals surface area (Å²) in [5.41, 5.74) is 12.2. The Kier molecular flexibility index (Phi) is 4.36. The number of hydrogen-bond donors (Lipinski definition) is 2. The number of primary amides is 1. The molecule has 0 radical (unpaired) electrons. The summed E-state index contributed by atoms with van der Waals surface area (Å²) in [7, 11) is -1.12. The van der Waals surface area contributed by atoms with Gasteiger partial charge in [0.25, 0.3) is 5.91 Å². The van der Waals surface area contributed by atoms with E-state index in [9.17, 15) is 14.3 Å². The van der Waals surface area contributed by atoms with E-state index in [0.717, 1.165) is 28.2 Å². The molecule has 0 spiro atoms. The highest BCUT2D eigenvalue weighted by Gasteiger charge is 2.55. The Labute approximate surface area is 164 Å². The number of rotatable bonds is 5. The van der Waals surface area contributed by atoms with E-state index in [1.165, 1.54) is 11.3 Å². The molecule has 2 aromatic rings. The van der Waals surface area contributed by atoms with Crippen LogP contribution in [0, 0.1) is 16.7 Å². The van der Waals surface area contributed by atoms with Crippen molar-refractivity contribution >= 4 is 33.0 Å². The first-order valence-corrected chi connectivity index (χ1v) is 10.9. The number of carbonyl (C=O) groups is 1. The first kappa shape index (κ1) is 18.2. The highest BCUT2D eigenvalue weighted by molar-refractivity contribution is 7.86. The summed E-state index contributed by atoms with van der Waals surface area (Å²) in [5, 5.41) is 10.5. The molecule has 4 rings (SSSR count). The number of fused-ring (bicyclic) bond motifs is 1. The average molecular weight is 400 g/mol. The number of amides is 1. The maximum absolute atomic E-state index is 13.2. The minimum atomic E-state index is -1.12. The van der Waals surface area contributed by atoms with Crippen LogP contribution in [0.2, 0.25) is 0 Å². The van der Waals surface area contributed by atoms with Crippen LogP contribution >= 0.6 is 11.3 Å². The van der Waals surface area contributed by atoms with Gasteiger partial charge in [-0.2, -0.15) is 5.26 Å². The summed E-state index contributed by atoms with van der Waals surface area (Å²) in [6.07, 6.45) is 4.17. The molecule has 2 aliphatic carbocycles. The molecule has 2 atom stereocenters. The Morgan fingerprint density at radius 3 is 2.56 bits per heavy atom. The van der Waals surface area contributed by atoms with Gasteiger partial charge >= 0.3 is 0 Å². The van der Waals surface area contributed by atoms with Crippen molar-refractivity contribution in [3.05, 3.63) is 46.3 Å². The van der Waals surface area contributed by atoms with Gasteiger partial charge in [-0.3, -0.25) is 9.00 Å². The third kappa shape index (κ3) is 3.07. The van der Waals surface area contributed by atoms with Crippen molar-refractivity contribution in [3.8, 4) is 6.07 Å². The normalized spacial score (nSPS) is 23.8. The van der Waals surface area contributed by atoms with Gasteiger partial charge in [-0.15, -0.1) is 11.3 Å². The monoisotopic (exact) mass is 399 g/mol. The van der Waals surface area contributed by atoms with Gasteiger partial charge in [0.15, 0.2) is 0 Å². The van der Waals surface area contributed by atoms with E-state index in [1.807, 2.05) is 30.3 Å². The van der Waals surface area contributed by atoms with Gasteiger partial charge in [0, 0.05) is 16.2 Å². The molecule has 7 heteroatoms. The van der Waals surface area contributed by atoms with Gasteiger partial charge < -0.3 is 11.5 Å². The lowest BCUT2D eigenvalue weighted by Crippen LogP contribution is -2.34. The number of nitrogen functional groups attached to an aromatic ring is 1. The zero-order valence-corrected chi connectivity index (χ0v) is 16.5. The van der Waals surface area contributed by atoms with Crippen LogP contribution in [0.4, 0.5) is 5.00 Å². The molecule has 1 saturated carbocycles. The molecule has 140 valence electrons. The fourth-order valence-electron chi connectivity index (χ4n) is 4.23. The molecule has 1 amide bonds. The predicted octanol–water partition coefficient (Wildman–Crippen LogP) is 3.16. The molecule has 1 aromatic heterocycles. The third-order valence-corrected chi connectivity index (χ3v) is 8.87. The fraction of sp³-hybridized carbons (Fsp3) is 0.400. The zero-order valence-electron chi connectivity index (χ0n) is 14.9. The van der Waals surface area contributed by atoms with Crippen LogP contribution in [-0.2, 0) is 23.6 Å². The van der Waals surface area contributed by atoms with Crippen LogP contribution < -0.4 is 11.5 Å². The molecule has 4 N–H and O–H groups in total. The number of hydrogen-bond acceptors (Lipinski definition) is 5. The standard InChI is InChI=1S/C20H21N3O2S2/c21-12-19(7-6-14-15(10-19)26-18(23)16(14)17(22)24)11-20(8-9-20)27(25)13-4-2-1-3-5-13/h1-5H,6-11,23H2,(H2,22,24).